The van der Waals surface area contributed by atoms with Crippen molar-refractivity contribution in [1.29, 1.82) is 0 Å². The van der Waals surface area contributed by atoms with Crippen LogP contribution in [0.3, 0.4) is 0 Å². The monoisotopic (exact) mass is 506 g/mol. The summed E-state index contributed by atoms with van der Waals surface area (Å²) in [6, 6.07) is 11.0. The molecule has 186 valence electrons. The highest BCUT2D eigenvalue weighted by atomic mass is 32.2. The number of aromatic nitrogens is 1. The van der Waals surface area contributed by atoms with Crippen LogP contribution in [-0.4, -0.2) is 31.2 Å². The second kappa shape index (κ2) is 8.76. The molecule has 2 saturated carbocycles. The van der Waals surface area contributed by atoms with Gasteiger partial charge in [-0.15, -0.1) is 0 Å². The standard InChI is InChI=1S/C25H25F3N2O4S/c26-25(27,28)21-12-23(32)29-22-8-3-15(10-19(21)22)9-14-1-6-18(7-2-14)35(33,34)30-24-17-5-4-16(11-17)20(24)13-31/h1-3,6-8,10,12,16-17,20,24,30-31H,4-5,9,11,13H2,(H,29,32)/t16-,17+,20+,24-/m0/s1. The number of hydrogen-bond donors (Lipinski definition) is 3. The van der Waals surface area contributed by atoms with Crippen molar-refractivity contribution < 1.29 is 26.7 Å². The first-order valence-corrected chi connectivity index (χ1v) is 13.0. The van der Waals surface area contributed by atoms with E-state index in [0.29, 0.717) is 24.0 Å². The van der Waals surface area contributed by atoms with Gasteiger partial charge < -0.3 is 10.1 Å². The van der Waals surface area contributed by atoms with Crippen LogP contribution < -0.4 is 10.3 Å². The number of aliphatic hydroxyl groups excluding tert-OH is 1. The molecule has 5 rings (SSSR count). The Morgan fingerprint density at radius 1 is 1.00 bits per heavy atom. The number of fused-ring (bicyclic) bond motifs is 3. The molecule has 4 atom stereocenters. The SMILES string of the molecule is O=c1cc(C(F)(F)F)c2cc(Cc3ccc(S(=O)(=O)N[C@H]4[C@@H]5CC[C@@H](C5)[C@H]4CO)cc3)ccc2[nH]1. The Kier molecular flexibility index (Phi) is 6.01. The number of sulfonamides is 1. The van der Waals surface area contributed by atoms with Gasteiger partial charge in [0.1, 0.15) is 0 Å². The summed E-state index contributed by atoms with van der Waals surface area (Å²) in [4.78, 5) is 14.1. The van der Waals surface area contributed by atoms with Gasteiger partial charge in [0.05, 0.1) is 10.5 Å². The summed E-state index contributed by atoms with van der Waals surface area (Å²) in [6.45, 7) is -0.0387. The molecule has 2 fully saturated rings. The molecule has 2 aromatic carbocycles. The third-order valence-corrected chi connectivity index (χ3v) is 8.92. The minimum atomic E-state index is -4.66. The molecule has 0 saturated heterocycles. The van der Waals surface area contributed by atoms with Gasteiger partial charge in [-0.2, -0.15) is 13.2 Å². The van der Waals surface area contributed by atoms with Crippen molar-refractivity contribution in [3.05, 3.63) is 75.6 Å². The van der Waals surface area contributed by atoms with E-state index < -0.39 is 27.3 Å². The van der Waals surface area contributed by atoms with E-state index in [0.717, 1.165) is 24.8 Å². The number of alkyl halides is 3. The number of pyridine rings is 1. The lowest BCUT2D eigenvalue weighted by atomic mass is 9.86. The average Bonchev–Trinajstić information content (AvgIpc) is 3.40. The number of nitrogens with one attached hydrogen (secondary N) is 2. The zero-order chi connectivity index (χ0) is 25.0. The number of halogens is 3. The third-order valence-electron chi connectivity index (χ3n) is 7.45. The van der Waals surface area contributed by atoms with Crippen LogP contribution in [0.4, 0.5) is 13.2 Å². The van der Waals surface area contributed by atoms with E-state index in [1.54, 1.807) is 18.2 Å². The van der Waals surface area contributed by atoms with Gasteiger partial charge in [0.2, 0.25) is 15.6 Å². The van der Waals surface area contributed by atoms with Crippen molar-refractivity contribution in [2.24, 2.45) is 17.8 Å². The first kappa shape index (κ1) is 24.0. The topological polar surface area (TPSA) is 99.3 Å². The lowest BCUT2D eigenvalue weighted by Crippen LogP contribution is -2.45. The average molecular weight is 507 g/mol. The Hall–Kier alpha value is -2.69. The second-order valence-corrected chi connectivity index (χ2v) is 11.3. The van der Waals surface area contributed by atoms with Gasteiger partial charge in [0.15, 0.2) is 0 Å². The molecule has 2 bridgehead atoms. The number of aliphatic hydroxyl groups is 1. The van der Waals surface area contributed by atoms with E-state index >= 15 is 0 Å². The van der Waals surface area contributed by atoms with Crippen molar-refractivity contribution in [3.8, 4) is 0 Å². The highest BCUT2D eigenvalue weighted by Gasteiger charge is 2.48. The quantitative estimate of drug-likeness (QED) is 0.473. The molecule has 6 nitrogen and oxygen atoms in total. The fourth-order valence-electron chi connectivity index (χ4n) is 5.77. The van der Waals surface area contributed by atoms with Crippen LogP contribution >= 0.6 is 0 Å². The van der Waals surface area contributed by atoms with Gasteiger partial charge in [0, 0.05) is 35.5 Å². The van der Waals surface area contributed by atoms with E-state index in [9.17, 15) is 31.5 Å². The highest BCUT2D eigenvalue weighted by molar-refractivity contribution is 7.89. The van der Waals surface area contributed by atoms with Crippen LogP contribution in [-0.2, 0) is 22.6 Å². The van der Waals surface area contributed by atoms with E-state index in [-0.39, 0.29) is 40.3 Å². The first-order chi connectivity index (χ1) is 16.5. The largest absolute Gasteiger partial charge is 0.417 e. The first-order valence-electron chi connectivity index (χ1n) is 11.5. The van der Waals surface area contributed by atoms with E-state index in [4.69, 9.17) is 0 Å². The smallest absolute Gasteiger partial charge is 0.396 e. The minimum Gasteiger partial charge on any atom is -0.396 e. The van der Waals surface area contributed by atoms with Gasteiger partial charge in [-0.25, -0.2) is 13.1 Å². The zero-order valence-corrected chi connectivity index (χ0v) is 19.5. The van der Waals surface area contributed by atoms with Crippen LogP contribution in [0, 0.1) is 17.8 Å². The molecule has 1 aromatic heterocycles. The molecule has 0 spiro atoms. The summed E-state index contributed by atoms with van der Waals surface area (Å²) >= 11 is 0. The molecule has 3 aromatic rings. The van der Waals surface area contributed by atoms with Crippen molar-refractivity contribution in [2.75, 3.05) is 6.61 Å². The predicted octanol–water partition coefficient (Wildman–Crippen LogP) is 3.82. The molecule has 2 aliphatic carbocycles. The van der Waals surface area contributed by atoms with Crippen molar-refractivity contribution in [2.45, 2.75) is 42.8 Å². The number of rotatable bonds is 6. The molecule has 10 heteroatoms. The summed E-state index contributed by atoms with van der Waals surface area (Å²) in [5.74, 6) is 0.542. The zero-order valence-electron chi connectivity index (χ0n) is 18.7. The molecular formula is C25H25F3N2O4S. The Morgan fingerprint density at radius 3 is 2.37 bits per heavy atom. The fraction of sp³-hybridized carbons (Fsp3) is 0.400. The van der Waals surface area contributed by atoms with E-state index in [2.05, 4.69) is 9.71 Å². The number of benzene rings is 2. The molecular weight excluding hydrogens is 481 g/mol. The summed E-state index contributed by atoms with van der Waals surface area (Å²) in [5, 5.41) is 9.63. The van der Waals surface area contributed by atoms with Crippen LogP contribution in [0.2, 0.25) is 0 Å². The van der Waals surface area contributed by atoms with Crippen molar-refractivity contribution in [1.82, 2.24) is 9.71 Å². The summed E-state index contributed by atoms with van der Waals surface area (Å²) < 4.78 is 69.0. The van der Waals surface area contributed by atoms with Crippen LogP contribution in [0.5, 0.6) is 0 Å². The van der Waals surface area contributed by atoms with Gasteiger partial charge in [-0.05, 0) is 72.9 Å². The maximum absolute atomic E-state index is 13.4. The van der Waals surface area contributed by atoms with Crippen LogP contribution in [0.25, 0.3) is 10.9 Å². The molecule has 35 heavy (non-hydrogen) atoms. The van der Waals surface area contributed by atoms with Crippen LogP contribution in [0.1, 0.15) is 36.0 Å². The number of H-pyrrole nitrogens is 1. The van der Waals surface area contributed by atoms with Gasteiger partial charge in [-0.1, -0.05) is 18.2 Å². The van der Waals surface area contributed by atoms with Gasteiger partial charge >= 0.3 is 6.18 Å². The normalized spacial score (nSPS) is 24.3. The summed E-state index contributed by atoms with van der Waals surface area (Å²) in [5.41, 5.74) is -0.389. The summed E-state index contributed by atoms with van der Waals surface area (Å²) in [7, 11) is -3.77. The Labute approximate surface area is 200 Å². The predicted molar refractivity (Wildman–Crippen MR) is 124 cm³/mol. The molecule has 0 radical (unpaired) electrons. The third kappa shape index (κ3) is 4.62. The molecule has 0 aliphatic heterocycles. The molecule has 0 amide bonds. The Morgan fingerprint density at radius 2 is 1.69 bits per heavy atom. The van der Waals surface area contributed by atoms with Gasteiger partial charge in [0.25, 0.3) is 0 Å². The van der Waals surface area contributed by atoms with Gasteiger partial charge in [-0.3, -0.25) is 4.79 Å². The highest BCUT2D eigenvalue weighted by Crippen LogP contribution is 2.48. The minimum absolute atomic E-state index is 0.0387. The number of aromatic amines is 1. The Bertz CT molecular complexity index is 1420. The maximum atomic E-state index is 13.4. The number of hydrogen-bond acceptors (Lipinski definition) is 4. The fourth-order valence-corrected chi connectivity index (χ4v) is 7.13. The molecule has 1 heterocycles. The lowest BCUT2D eigenvalue weighted by molar-refractivity contribution is -0.136. The van der Waals surface area contributed by atoms with Crippen LogP contribution in [0.15, 0.2) is 58.2 Å². The second-order valence-electron chi connectivity index (χ2n) is 9.57. The maximum Gasteiger partial charge on any atom is 0.417 e. The molecule has 3 N–H and O–H groups in total. The molecule has 0 unspecified atom stereocenters. The lowest BCUT2D eigenvalue weighted by Gasteiger charge is -2.30. The van der Waals surface area contributed by atoms with Crippen molar-refractivity contribution in [3.63, 3.8) is 0 Å². The van der Waals surface area contributed by atoms with E-state index in [1.165, 1.54) is 24.3 Å². The van der Waals surface area contributed by atoms with E-state index in [1.807, 2.05) is 0 Å². The summed E-state index contributed by atoms with van der Waals surface area (Å²) in [6.07, 6.45) is -1.45. The molecule has 2 aliphatic rings. The van der Waals surface area contributed by atoms with Crippen molar-refractivity contribution >= 4 is 20.9 Å². The Balaban J connectivity index is 1.36.